The number of amides is 1. The molecular formula is C24H28N2O3. The molecular weight excluding hydrogens is 364 g/mol. The van der Waals surface area contributed by atoms with Gasteiger partial charge in [-0.05, 0) is 49.4 Å². The van der Waals surface area contributed by atoms with Gasteiger partial charge in [-0.2, -0.15) is 5.26 Å². The fraction of sp³-hybridized carbons (Fsp3) is 0.417. The van der Waals surface area contributed by atoms with Crippen LogP contribution in [0.25, 0.3) is 0 Å². The van der Waals surface area contributed by atoms with Crippen molar-refractivity contribution in [2.45, 2.75) is 39.0 Å². The molecule has 1 amide bonds. The summed E-state index contributed by atoms with van der Waals surface area (Å²) in [7, 11) is 0. The van der Waals surface area contributed by atoms with Crippen LogP contribution in [0, 0.1) is 24.2 Å². The quantitative estimate of drug-likeness (QED) is 0.781. The fourth-order valence-electron chi connectivity index (χ4n) is 3.57. The second kappa shape index (κ2) is 9.11. The molecule has 2 aromatic rings. The molecule has 29 heavy (non-hydrogen) atoms. The van der Waals surface area contributed by atoms with Crippen LogP contribution in [0.15, 0.2) is 42.5 Å². The number of rotatable bonds is 6. The normalized spacial score (nSPS) is 15.6. The van der Waals surface area contributed by atoms with Crippen LogP contribution in [0.5, 0.6) is 5.75 Å². The molecule has 1 N–H and O–H groups in total. The third kappa shape index (κ3) is 4.78. The van der Waals surface area contributed by atoms with E-state index in [-0.39, 0.29) is 5.91 Å². The number of carbonyl (C=O) groups is 1. The maximum absolute atomic E-state index is 13.4. The first-order valence-electron chi connectivity index (χ1n) is 10.1. The van der Waals surface area contributed by atoms with Crippen molar-refractivity contribution in [1.82, 2.24) is 0 Å². The van der Waals surface area contributed by atoms with E-state index >= 15 is 0 Å². The lowest BCUT2D eigenvalue weighted by molar-refractivity contribution is -0.125. The average molecular weight is 392 g/mol. The molecule has 1 heterocycles. The van der Waals surface area contributed by atoms with Gasteiger partial charge in [0, 0.05) is 18.9 Å². The molecule has 1 aliphatic rings. The Kier molecular flexibility index (Phi) is 6.56. The zero-order valence-corrected chi connectivity index (χ0v) is 17.3. The first kappa shape index (κ1) is 20.9. The van der Waals surface area contributed by atoms with Crippen molar-refractivity contribution in [3.05, 3.63) is 59.2 Å². The number of benzene rings is 2. The standard InChI is InChI=1S/C24H28N2O3/c1-17(2)16-29-22-9-8-21(14-19(22)15-25)26-23(27)24(10-12-28-13-11-24)20-6-4-18(3)5-7-20/h4-9,14,17H,10-13,16H2,1-3H3,(H,26,27). The van der Waals surface area contributed by atoms with Crippen LogP contribution >= 0.6 is 0 Å². The molecule has 1 saturated heterocycles. The molecule has 0 unspecified atom stereocenters. The van der Waals surface area contributed by atoms with Crippen molar-refractivity contribution in [3.63, 3.8) is 0 Å². The fourth-order valence-corrected chi connectivity index (χ4v) is 3.57. The number of aryl methyl sites for hydroxylation is 1. The highest BCUT2D eigenvalue weighted by molar-refractivity contribution is 5.99. The van der Waals surface area contributed by atoms with Gasteiger partial charge in [-0.1, -0.05) is 43.7 Å². The van der Waals surface area contributed by atoms with Gasteiger partial charge < -0.3 is 14.8 Å². The molecule has 0 spiro atoms. The summed E-state index contributed by atoms with van der Waals surface area (Å²) in [4.78, 5) is 13.4. The van der Waals surface area contributed by atoms with E-state index in [2.05, 4.69) is 25.2 Å². The first-order valence-corrected chi connectivity index (χ1v) is 10.1. The Bertz CT molecular complexity index is 891. The number of ether oxygens (including phenoxy) is 2. The monoisotopic (exact) mass is 392 g/mol. The molecule has 5 nitrogen and oxygen atoms in total. The van der Waals surface area contributed by atoms with E-state index in [0.29, 0.717) is 55.6 Å². The van der Waals surface area contributed by atoms with E-state index in [1.807, 2.05) is 31.2 Å². The maximum Gasteiger partial charge on any atom is 0.235 e. The topological polar surface area (TPSA) is 71.3 Å². The summed E-state index contributed by atoms with van der Waals surface area (Å²) in [5, 5.41) is 12.5. The summed E-state index contributed by atoms with van der Waals surface area (Å²) in [6.45, 7) is 7.78. The lowest BCUT2D eigenvalue weighted by Gasteiger charge is -2.36. The molecule has 2 aromatic carbocycles. The zero-order chi connectivity index (χ0) is 20.9. The third-order valence-corrected chi connectivity index (χ3v) is 5.32. The van der Waals surface area contributed by atoms with Gasteiger partial charge in [-0.15, -0.1) is 0 Å². The molecule has 0 saturated carbocycles. The molecule has 0 atom stereocenters. The summed E-state index contributed by atoms with van der Waals surface area (Å²) in [5.41, 5.74) is 2.54. The van der Waals surface area contributed by atoms with E-state index in [1.54, 1.807) is 18.2 Å². The molecule has 152 valence electrons. The SMILES string of the molecule is Cc1ccc(C2(C(=O)Nc3ccc(OCC(C)C)c(C#N)c3)CCOCC2)cc1. The lowest BCUT2D eigenvalue weighted by Crippen LogP contribution is -2.44. The minimum absolute atomic E-state index is 0.0654. The number of nitriles is 1. The Hall–Kier alpha value is -2.84. The Balaban J connectivity index is 1.84. The van der Waals surface area contributed by atoms with E-state index < -0.39 is 5.41 Å². The predicted octanol–water partition coefficient (Wildman–Crippen LogP) is 4.59. The van der Waals surface area contributed by atoms with Crippen LogP contribution in [0.2, 0.25) is 0 Å². The second-order valence-electron chi connectivity index (χ2n) is 8.04. The summed E-state index contributed by atoms with van der Waals surface area (Å²) in [6.07, 6.45) is 1.26. The van der Waals surface area contributed by atoms with Gasteiger partial charge in [0.1, 0.15) is 11.8 Å². The Morgan fingerprint density at radius 2 is 1.90 bits per heavy atom. The molecule has 3 rings (SSSR count). The highest BCUT2D eigenvalue weighted by Crippen LogP contribution is 2.36. The minimum atomic E-state index is -0.633. The van der Waals surface area contributed by atoms with E-state index in [9.17, 15) is 10.1 Å². The molecule has 0 bridgehead atoms. The van der Waals surface area contributed by atoms with Gasteiger partial charge in [0.2, 0.25) is 5.91 Å². The number of hydrogen-bond acceptors (Lipinski definition) is 4. The Morgan fingerprint density at radius 3 is 2.52 bits per heavy atom. The van der Waals surface area contributed by atoms with Crippen molar-refractivity contribution >= 4 is 11.6 Å². The van der Waals surface area contributed by atoms with Gasteiger partial charge in [-0.3, -0.25) is 4.79 Å². The van der Waals surface area contributed by atoms with Crippen LogP contribution < -0.4 is 10.1 Å². The zero-order valence-electron chi connectivity index (χ0n) is 17.3. The first-order chi connectivity index (χ1) is 13.9. The van der Waals surface area contributed by atoms with Crippen LogP contribution in [-0.4, -0.2) is 25.7 Å². The van der Waals surface area contributed by atoms with Crippen LogP contribution in [-0.2, 0) is 14.9 Å². The molecule has 1 fully saturated rings. The summed E-state index contributed by atoms with van der Waals surface area (Å²) in [6, 6.07) is 15.5. The molecule has 0 aromatic heterocycles. The minimum Gasteiger partial charge on any atom is -0.492 e. The second-order valence-corrected chi connectivity index (χ2v) is 8.04. The van der Waals surface area contributed by atoms with Crippen molar-refractivity contribution in [3.8, 4) is 11.8 Å². The third-order valence-electron chi connectivity index (χ3n) is 5.32. The molecule has 5 heteroatoms. The van der Waals surface area contributed by atoms with Gasteiger partial charge in [0.25, 0.3) is 0 Å². The van der Waals surface area contributed by atoms with Crippen molar-refractivity contribution < 1.29 is 14.3 Å². The largest absolute Gasteiger partial charge is 0.492 e. The van der Waals surface area contributed by atoms with Crippen molar-refractivity contribution in [2.75, 3.05) is 25.1 Å². The van der Waals surface area contributed by atoms with Gasteiger partial charge in [0.15, 0.2) is 0 Å². The number of nitrogens with zero attached hydrogens (tertiary/aromatic N) is 1. The van der Waals surface area contributed by atoms with Crippen LogP contribution in [0.3, 0.4) is 0 Å². The Labute approximate surface area is 172 Å². The number of anilines is 1. The van der Waals surface area contributed by atoms with E-state index in [1.165, 1.54) is 0 Å². The summed E-state index contributed by atoms with van der Waals surface area (Å²) < 4.78 is 11.2. The van der Waals surface area contributed by atoms with Gasteiger partial charge >= 0.3 is 0 Å². The molecule has 0 radical (unpaired) electrons. The summed E-state index contributed by atoms with van der Waals surface area (Å²) >= 11 is 0. The highest BCUT2D eigenvalue weighted by Gasteiger charge is 2.41. The van der Waals surface area contributed by atoms with Crippen LogP contribution in [0.1, 0.15) is 43.4 Å². The Morgan fingerprint density at radius 1 is 1.21 bits per heavy atom. The van der Waals surface area contributed by atoms with Gasteiger partial charge in [-0.25, -0.2) is 0 Å². The average Bonchev–Trinajstić information content (AvgIpc) is 2.73. The highest BCUT2D eigenvalue weighted by atomic mass is 16.5. The lowest BCUT2D eigenvalue weighted by atomic mass is 9.73. The predicted molar refractivity (Wildman–Crippen MR) is 113 cm³/mol. The molecule has 1 aliphatic heterocycles. The van der Waals surface area contributed by atoms with Crippen molar-refractivity contribution in [2.24, 2.45) is 5.92 Å². The van der Waals surface area contributed by atoms with E-state index in [0.717, 1.165) is 11.1 Å². The smallest absolute Gasteiger partial charge is 0.235 e. The number of hydrogen-bond donors (Lipinski definition) is 1. The van der Waals surface area contributed by atoms with Gasteiger partial charge in [0.05, 0.1) is 17.6 Å². The van der Waals surface area contributed by atoms with E-state index in [4.69, 9.17) is 9.47 Å². The maximum atomic E-state index is 13.4. The number of nitrogens with one attached hydrogen (secondary N) is 1. The number of carbonyl (C=O) groups excluding carboxylic acids is 1. The van der Waals surface area contributed by atoms with Crippen molar-refractivity contribution in [1.29, 1.82) is 5.26 Å². The molecule has 0 aliphatic carbocycles. The summed E-state index contributed by atoms with van der Waals surface area (Å²) in [5.74, 6) is 0.840. The van der Waals surface area contributed by atoms with Crippen LogP contribution in [0.4, 0.5) is 5.69 Å².